The first kappa shape index (κ1) is 18.7. The number of aliphatic hydroxyl groups excluding tert-OH is 1. The minimum atomic E-state index is -3.84. The molecule has 2 rings (SSSR count). The zero-order chi connectivity index (χ0) is 17.9. The van der Waals surface area contributed by atoms with Crippen molar-refractivity contribution in [3.05, 3.63) is 18.2 Å². The van der Waals surface area contributed by atoms with Gasteiger partial charge in [0.15, 0.2) is 5.16 Å². The average Bonchev–Trinajstić information content (AvgIpc) is 2.83. The van der Waals surface area contributed by atoms with Crippen LogP contribution in [0.2, 0.25) is 0 Å². The van der Waals surface area contributed by atoms with E-state index in [1.807, 2.05) is 11.5 Å². The van der Waals surface area contributed by atoms with Gasteiger partial charge in [-0.1, -0.05) is 18.7 Å². The van der Waals surface area contributed by atoms with Crippen LogP contribution in [-0.2, 0) is 21.4 Å². The van der Waals surface area contributed by atoms with Gasteiger partial charge >= 0.3 is 5.97 Å². The van der Waals surface area contributed by atoms with Gasteiger partial charge in [-0.2, -0.15) is 0 Å². The number of carboxylic acids is 1. The van der Waals surface area contributed by atoms with Gasteiger partial charge in [0.1, 0.15) is 5.25 Å². The summed E-state index contributed by atoms with van der Waals surface area (Å²) in [5, 5.41) is 23.0. The number of carboxylic acid groups (broad SMARTS) is 1. The summed E-state index contributed by atoms with van der Waals surface area (Å²) in [7, 11) is -3.84. The van der Waals surface area contributed by atoms with Gasteiger partial charge in [0.05, 0.1) is 15.9 Å². The third kappa shape index (κ3) is 4.07. The van der Waals surface area contributed by atoms with Crippen molar-refractivity contribution in [3.63, 3.8) is 0 Å². The number of rotatable bonds is 8. The van der Waals surface area contributed by atoms with Crippen LogP contribution in [0.4, 0.5) is 0 Å². The predicted octanol–water partition coefficient (Wildman–Crippen LogP) is 1.02. The van der Waals surface area contributed by atoms with E-state index >= 15 is 0 Å². The van der Waals surface area contributed by atoms with Crippen molar-refractivity contribution < 1.29 is 23.4 Å². The van der Waals surface area contributed by atoms with Crippen molar-refractivity contribution >= 4 is 38.8 Å². The van der Waals surface area contributed by atoms with E-state index < -0.39 is 21.2 Å². The zero-order valence-corrected chi connectivity index (χ0v) is 14.7. The zero-order valence-electron chi connectivity index (χ0n) is 13.0. The molecule has 0 amide bonds. The first-order valence-corrected chi connectivity index (χ1v) is 9.74. The molecule has 1 aromatic carbocycles. The summed E-state index contributed by atoms with van der Waals surface area (Å²) in [6, 6.07) is 4.40. The SMILES string of the molecule is CCCn1c(S[C@H](CCO)C(=O)O)nc2cc(S(N)(=O)=O)ccc21. The molecular formula is C14H19N3O5S2. The van der Waals surface area contributed by atoms with E-state index in [2.05, 4.69) is 4.98 Å². The summed E-state index contributed by atoms with van der Waals surface area (Å²) in [5.74, 6) is -1.03. The number of aromatic nitrogens is 2. The molecule has 0 aliphatic rings. The standard InChI is InChI=1S/C14H19N3O5S2/c1-2-6-17-11-4-3-9(24(15,21)22)8-10(11)16-14(17)23-12(5-7-18)13(19)20/h3-4,8,12,18H,2,5-7H2,1H3,(H,19,20)(H2,15,21,22)/t12-/m1/s1. The largest absolute Gasteiger partial charge is 0.480 e. The molecule has 1 atom stereocenters. The van der Waals surface area contributed by atoms with Gasteiger partial charge in [0.25, 0.3) is 0 Å². The van der Waals surface area contributed by atoms with Crippen molar-refractivity contribution in [1.82, 2.24) is 9.55 Å². The van der Waals surface area contributed by atoms with E-state index in [0.717, 1.165) is 18.2 Å². The normalized spacial score (nSPS) is 13.3. The lowest BCUT2D eigenvalue weighted by Gasteiger charge is -2.12. The van der Waals surface area contributed by atoms with Gasteiger partial charge in [-0.15, -0.1) is 0 Å². The maximum absolute atomic E-state index is 11.5. The summed E-state index contributed by atoms with van der Waals surface area (Å²) in [6.45, 7) is 2.34. The number of aryl methyl sites for hydroxylation is 1. The van der Waals surface area contributed by atoms with Gasteiger partial charge in [-0.05, 0) is 31.0 Å². The Morgan fingerprint density at radius 2 is 2.17 bits per heavy atom. The molecule has 2 aromatic rings. The molecule has 0 bridgehead atoms. The number of benzene rings is 1. The Balaban J connectivity index is 2.51. The topological polar surface area (TPSA) is 136 Å². The van der Waals surface area contributed by atoms with Crippen molar-refractivity contribution in [2.24, 2.45) is 5.14 Å². The molecule has 0 saturated heterocycles. The van der Waals surface area contributed by atoms with Crippen molar-refractivity contribution in [2.75, 3.05) is 6.61 Å². The maximum atomic E-state index is 11.5. The number of nitrogens with zero attached hydrogens (tertiary/aromatic N) is 2. The molecule has 0 fully saturated rings. The molecule has 0 aliphatic heterocycles. The number of hydrogen-bond donors (Lipinski definition) is 3. The number of nitrogens with two attached hydrogens (primary N) is 1. The molecule has 24 heavy (non-hydrogen) atoms. The number of hydrogen-bond acceptors (Lipinski definition) is 6. The van der Waals surface area contributed by atoms with Crippen LogP contribution in [0, 0.1) is 0 Å². The lowest BCUT2D eigenvalue weighted by atomic mass is 10.3. The molecule has 0 spiro atoms. The average molecular weight is 373 g/mol. The molecule has 1 heterocycles. The fourth-order valence-corrected chi connectivity index (χ4v) is 3.85. The second kappa shape index (κ2) is 7.51. The van der Waals surface area contributed by atoms with Gasteiger partial charge in [-0.3, -0.25) is 4.79 Å². The number of aliphatic carboxylic acids is 1. The first-order chi connectivity index (χ1) is 11.3. The highest BCUT2D eigenvalue weighted by Crippen LogP contribution is 2.30. The highest BCUT2D eigenvalue weighted by atomic mass is 32.2. The van der Waals surface area contributed by atoms with Crippen LogP contribution in [0.1, 0.15) is 19.8 Å². The van der Waals surface area contributed by atoms with E-state index in [1.165, 1.54) is 12.1 Å². The van der Waals surface area contributed by atoms with Crippen LogP contribution >= 0.6 is 11.8 Å². The van der Waals surface area contributed by atoms with E-state index in [0.29, 0.717) is 22.7 Å². The number of thioether (sulfide) groups is 1. The molecule has 1 aromatic heterocycles. The number of carbonyl (C=O) groups is 1. The summed E-state index contributed by atoms with van der Waals surface area (Å²) in [4.78, 5) is 15.6. The number of fused-ring (bicyclic) bond motifs is 1. The summed E-state index contributed by atoms with van der Waals surface area (Å²) >= 11 is 1.04. The lowest BCUT2D eigenvalue weighted by molar-refractivity contribution is -0.136. The highest BCUT2D eigenvalue weighted by Gasteiger charge is 2.23. The van der Waals surface area contributed by atoms with Gasteiger partial charge in [0.2, 0.25) is 10.0 Å². The molecule has 0 saturated carbocycles. The lowest BCUT2D eigenvalue weighted by Crippen LogP contribution is -2.18. The molecule has 10 heteroatoms. The van der Waals surface area contributed by atoms with Crippen molar-refractivity contribution in [3.8, 4) is 0 Å². The van der Waals surface area contributed by atoms with E-state index in [9.17, 15) is 18.3 Å². The molecule has 0 radical (unpaired) electrons. The minimum Gasteiger partial charge on any atom is -0.480 e. The van der Waals surface area contributed by atoms with Crippen molar-refractivity contribution in [2.45, 2.75) is 41.6 Å². The summed E-state index contributed by atoms with van der Waals surface area (Å²) in [6.07, 6.45) is 0.894. The predicted molar refractivity (Wildman–Crippen MR) is 90.4 cm³/mol. The second-order valence-corrected chi connectivity index (χ2v) is 7.93. The minimum absolute atomic E-state index is 0.0437. The van der Waals surface area contributed by atoms with Crippen LogP contribution < -0.4 is 5.14 Å². The Morgan fingerprint density at radius 1 is 1.46 bits per heavy atom. The van der Waals surface area contributed by atoms with Crippen LogP contribution in [0.15, 0.2) is 28.3 Å². The maximum Gasteiger partial charge on any atom is 0.317 e. The molecule has 132 valence electrons. The highest BCUT2D eigenvalue weighted by molar-refractivity contribution is 8.00. The van der Waals surface area contributed by atoms with Crippen LogP contribution in [0.5, 0.6) is 0 Å². The van der Waals surface area contributed by atoms with E-state index in [-0.39, 0.29) is 17.9 Å². The quantitative estimate of drug-likeness (QED) is 0.588. The number of primary sulfonamides is 1. The Bertz CT molecular complexity index is 847. The van der Waals surface area contributed by atoms with Crippen LogP contribution in [0.25, 0.3) is 11.0 Å². The van der Waals surface area contributed by atoms with Crippen molar-refractivity contribution in [1.29, 1.82) is 0 Å². The Labute approximate surface area is 143 Å². The van der Waals surface area contributed by atoms with E-state index in [4.69, 9.17) is 10.2 Å². The Kier molecular flexibility index (Phi) is 5.86. The molecular weight excluding hydrogens is 354 g/mol. The number of aliphatic hydroxyl groups is 1. The molecule has 0 aliphatic carbocycles. The van der Waals surface area contributed by atoms with E-state index in [1.54, 1.807) is 6.07 Å². The number of sulfonamides is 1. The third-order valence-electron chi connectivity index (χ3n) is 3.37. The molecule has 4 N–H and O–H groups in total. The fourth-order valence-electron chi connectivity index (χ4n) is 2.27. The van der Waals surface area contributed by atoms with Gasteiger partial charge in [-0.25, -0.2) is 18.5 Å². The van der Waals surface area contributed by atoms with Crippen LogP contribution in [0.3, 0.4) is 0 Å². The second-order valence-electron chi connectivity index (χ2n) is 5.20. The van der Waals surface area contributed by atoms with Gasteiger partial charge in [0, 0.05) is 13.2 Å². The van der Waals surface area contributed by atoms with Crippen LogP contribution in [-0.4, -0.2) is 46.0 Å². The fraction of sp³-hybridized carbons (Fsp3) is 0.429. The molecule has 8 nitrogen and oxygen atoms in total. The monoisotopic (exact) mass is 373 g/mol. The summed E-state index contributed by atoms with van der Waals surface area (Å²) in [5.41, 5.74) is 1.14. The smallest absolute Gasteiger partial charge is 0.317 e. The summed E-state index contributed by atoms with van der Waals surface area (Å²) < 4.78 is 24.8. The third-order valence-corrected chi connectivity index (χ3v) is 5.53. The first-order valence-electron chi connectivity index (χ1n) is 7.31. The Morgan fingerprint density at radius 3 is 2.71 bits per heavy atom. The number of imidazole rings is 1. The molecule has 0 unspecified atom stereocenters. The van der Waals surface area contributed by atoms with Gasteiger partial charge < -0.3 is 14.8 Å². The Hall–Kier alpha value is -1.62.